The highest BCUT2D eigenvalue weighted by molar-refractivity contribution is 8.01. The Bertz CT molecular complexity index is 2040. The molecule has 2 aromatic heterocycles. The fourth-order valence-electron chi connectivity index (χ4n) is 4.84. The van der Waals surface area contributed by atoms with Crippen LogP contribution in [0.3, 0.4) is 0 Å². The first-order valence-corrected chi connectivity index (χ1v) is 17.0. The van der Waals surface area contributed by atoms with Crippen LogP contribution in [0.2, 0.25) is 0 Å². The topological polar surface area (TPSA) is 120 Å². The normalized spacial score (nSPS) is 11.1. The molecule has 0 unspecified atom stereocenters. The number of ether oxygens (including phenoxy) is 2. The number of carbonyl (C=O) groups excluding carboxylic acids is 2. The number of fused-ring (bicyclic) bond motifs is 2. The second-order valence-corrected chi connectivity index (χ2v) is 13.4. The van der Waals surface area contributed by atoms with Crippen LogP contribution in [0.4, 0.5) is 11.4 Å². The van der Waals surface area contributed by atoms with Crippen molar-refractivity contribution in [3.8, 4) is 11.5 Å². The molecule has 0 saturated carbocycles. The number of aromatic nitrogens is 4. The molecule has 46 heavy (non-hydrogen) atoms. The molecular weight excluding hydrogens is 641 g/mol. The molecule has 0 radical (unpaired) electrons. The van der Waals surface area contributed by atoms with Crippen LogP contribution in [0, 0.1) is 0 Å². The van der Waals surface area contributed by atoms with Crippen LogP contribution in [0.15, 0.2) is 88.4 Å². The number of thiazole rings is 1. The van der Waals surface area contributed by atoms with E-state index in [1.165, 1.54) is 51.2 Å². The molecule has 0 aliphatic heterocycles. The fraction of sp³-hybridized carbons (Fsp3) is 0.182. The summed E-state index contributed by atoms with van der Waals surface area (Å²) in [7, 11) is 5.04. The van der Waals surface area contributed by atoms with Crippen LogP contribution < -0.4 is 20.1 Å². The monoisotopic (exact) mass is 670 g/mol. The molecule has 234 valence electrons. The summed E-state index contributed by atoms with van der Waals surface area (Å²) in [5, 5.41) is 17.6. The van der Waals surface area contributed by atoms with E-state index in [-0.39, 0.29) is 23.3 Å². The molecule has 0 spiro atoms. The van der Waals surface area contributed by atoms with Gasteiger partial charge >= 0.3 is 0 Å². The summed E-state index contributed by atoms with van der Waals surface area (Å²) in [6.07, 6.45) is 0.647. The highest BCUT2D eigenvalue weighted by atomic mass is 32.2. The number of thioether (sulfide) groups is 2. The van der Waals surface area contributed by atoms with E-state index in [1.54, 1.807) is 32.4 Å². The first-order chi connectivity index (χ1) is 22.4. The Morgan fingerprint density at radius 3 is 2.52 bits per heavy atom. The summed E-state index contributed by atoms with van der Waals surface area (Å²) in [6, 6.07) is 25.4. The molecule has 2 N–H and O–H groups in total. The van der Waals surface area contributed by atoms with Gasteiger partial charge in [-0.1, -0.05) is 66.0 Å². The molecule has 0 saturated heterocycles. The van der Waals surface area contributed by atoms with Crippen LogP contribution in [0.1, 0.15) is 11.4 Å². The SMILES string of the molecule is COc1ccc(OC)c(NC(=O)CSc2nc3ccc(NC(=O)CSc4nnc(Cc5cccc6ccccc56)n4C)cc3s2)c1. The molecule has 0 bridgehead atoms. The lowest BCUT2D eigenvalue weighted by atomic mass is 10.0. The van der Waals surface area contributed by atoms with Crippen molar-refractivity contribution in [2.24, 2.45) is 7.05 Å². The smallest absolute Gasteiger partial charge is 0.234 e. The minimum atomic E-state index is -0.190. The van der Waals surface area contributed by atoms with Gasteiger partial charge in [0.15, 0.2) is 9.50 Å². The van der Waals surface area contributed by atoms with Crippen molar-refractivity contribution in [1.82, 2.24) is 19.7 Å². The molecule has 6 rings (SSSR count). The van der Waals surface area contributed by atoms with Gasteiger partial charge in [0, 0.05) is 25.2 Å². The average molecular weight is 671 g/mol. The van der Waals surface area contributed by atoms with Gasteiger partial charge in [-0.3, -0.25) is 9.59 Å². The van der Waals surface area contributed by atoms with Crippen LogP contribution >= 0.6 is 34.9 Å². The van der Waals surface area contributed by atoms with E-state index in [4.69, 9.17) is 9.47 Å². The minimum Gasteiger partial charge on any atom is -0.497 e. The summed E-state index contributed by atoms with van der Waals surface area (Å²) in [4.78, 5) is 30.1. The maximum absolute atomic E-state index is 12.8. The number of hydrogen-bond donors (Lipinski definition) is 2. The van der Waals surface area contributed by atoms with Gasteiger partial charge in [-0.05, 0) is 46.7 Å². The maximum atomic E-state index is 12.8. The second-order valence-electron chi connectivity index (χ2n) is 10.2. The van der Waals surface area contributed by atoms with Gasteiger partial charge in [-0.2, -0.15) is 0 Å². The predicted octanol–water partition coefficient (Wildman–Crippen LogP) is 6.65. The molecule has 0 aliphatic carbocycles. The summed E-state index contributed by atoms with van der Waals surface area (Å²) in [6.45, 7) is 0. The number of anilines is 2. The largest absolute Gasteiger partial charge is 0.497 e. The van der Waals surface area contributed by atoms with E-state index in [0.717, 1.165) is 20.4 Å². The number of rotatable bonds is 12. The number of benzene rings is 4. The van der Waals surface area contributed by atoms with Crippen LogP contribution in [0.5, 0.6) is 11.5 Å². The standard InChI is InChI=1S/C33H30N6O4S3/c1-39-29(15-21-9-6-8-20-7-4-5-10-24(20)21)37-38-32(39)44-18-30(40)34-22-11-13-25-28(16-22)46-33(36-25)45-19-31(41)35-26-17-23(42-2)12-14-27(26)43-3/h4-14,16-17H,15,18-19H2,1-3H3,(H,34,40)(H,35,41). The van der Waals surface area contributed by atoms with E-state index in [9.17, 15) is 9.59 Å². The fourth-order valence-corrected chi connectivity index (χ4v) is 7.47. The quantitative estimate of drug-likeness (QED) is 0.138. The third-order valence-corrected chi connectivity index (χ3v) is 10.3. The number of carbonyl (C=O) groups is 2. The Morgan fingerprint density at radius 1 is 0.870 bits per heavy atom. The molecule has 2 heterocycles. The summed E-state index contributed by atoms with van der Waals surface area (Å²) in [5.74, 6) is 2.03. The summed E-state index contributed by atoms with van der Waals surface area (Å²) < 4.78 is 14.2. The number of methoxy groups -OCH3 is 2. The zero-order chi connectivity index (χ0) is 32.0. The molecule has 0 fully saturated rings. The van der Waals surface area contributed by atoms with Gasteiger partial charge in [0.2, 0.25) is 11.8 Å². The Balaban J connectivity index is 1.02. The Labute approximate surface area is 277 Å². The molecule has 0 aliphatic rings. The Kier molecular flexibility index (Phi) is 9.71. The lowest BCUT2D eigenvalue weighted by molar-refractivity contribution is -0.114. The molecule has 10 nitrogen and oxygen atoms in total. The average Bonchev–Trinajstić information content (AvgIpc) is 3.64. The molecular formula is C33H30N6O4S3. The van der Waals surface area contributed by atoms with Gasteiger partial charge in [0.05, 0.1) is 41.6 Å². The third-order valence-electron chi connectivity index (χ3n) is 7.15. The lowest BCUT2D eigenvalue weighted by Crippen LogP contribution is -2.14. The molecule has 6 aromatic rings. The number of nitrogens with one attached hydrogen (secondary N) is 2. The van der Waals surface area contributed by atoms with Gasteiger partial charge in [-0.15, -0.1) is 21.5 Å². The van der Waals surface area contributed by atoms with Crippen molar-refractivity contribution in [3.63, 3.8) is 0 Å². The Morgan fingerprint density at radius 2 is 1.67 bits per heavy atom. The highest BCUT2D eigenvalue weighted by Crippen LogP contribution is 2.33. The van der Waals surface area contributed by atoms with E-state index in [0.29, 0.717) is 34.5 Å². The zero-order valence-electron chi connectivity index (χ0n) is 25.3. The van der Waals surface area contributed by atoms with E-state index >= 15 is 0 Å². The third kappa shape index (κ3) is 7.27. The van der Waals surface area contributed by atoms with Crippen molar-refractivity contribution in [3.05, 3.63) is 90.3 Å². The van der Waals surface area contributed by atoms with Crippen molar-refractivity contribution >= 4 is 79.0 Å². The molecule has 2 amide bonds. The summed E-state index contributed by atoms with van der Waals surface area (Å²) in [5.41, 5.74) is 3.19. The molecule has 0 atom stereocenters. The Hall–Kier alpha value is -4.59. The number of hydrogen-bond acceptors (Lipinski definition) is 10. The van der Waals surface area contributed by atoms with Crippen molar-refractivity contribution in [1.29, 1.82) is 0 Å². The van der Waals surface area contributed by atoms with Crippen LogP contribution in [-0.4, -0.2) is 57.3 Å². The van der Waals surface area contributed by atoms with Crippen LogP contribution in [0.25, 0.3) is 21.0 Å². The first kappa shape index (κ1) is 31.4. The van der Waals surface area contributed by atoms with Crippen molar-refractivity contribution < 1.29 is 19.1 Å². The lowest BCUT2D eigenvalue weighted by Gasteiger charge is -2.11. The zero-order valence-corrected chi connectivity index (χ0v) is 27.7. The highest BCUT2D eigenvalue weighted by Gasteiger charge is 2.15. The van der Waals surface area contributed by atoms with E-state index in [2.05, 4.69) is 56.1 Å². The van der Waals surface area contributed by atoms with Gasteiger partial charge < -0.3 is 24.7 Å². The van der Waals surface area contributed by atoms with E-state index < -0.39 is 0 Å². The minimum absolute atomic E-state index is 0.147. The number of nitrogens with zero attached hydrogens (tertiary/aromatic N) is 4. The summed E-state index contributed by atoms with van der Waals surface area (Å²) >= 11 is 4.15. The van der Waals surface area contributed by atoms with Crippen molar-refractivity contribution in [2.75, 3.05) is 36.4 Å². The van der Waals surface area contributed by atoms with E-state index in [1.807, 2.05) is 41.9 Å². The van der Waals surface area contributed by atoms with Gasteiger partial charge in [0.25, 0.3) is 0 Å². The van der Waals surface area contributed by atoms with Gasteiger partial charge in [0.1, 0.15) is 17.3 Å². The second kappa shape index (κ2) is 14.2. The number of amides is 2. The predicted molar refractivity (Wildman–Crippen MR) is 186 cm³/mol. The first-order valence-electron chi connectivity index (χ1n) is 14.2. The maximum Gasteiger partial charge on any atom is 0.234 e. The van der Waals surface area contributed by atoms with Gasteiger partial charge in [-0.25, -0.2) is 4.98 Å². The van der Waals surface area contributed by atoms with Crippen molar-refractivity contribution in [2.45, 2.75) is 15.9 Å². The molecule has 4 aromatic carbocycles. The van der Waals surface area contributed by atoms with Crippen LogP contribution in [-0.2, 0) is 23.1 Å². The molecule has 13 heteroatoms.